The lowest BCUT2D eigenvalue weighted by molar-refractivity contribution is 0.0600. The highest BCUT2D eigenvalue weighted by Gasteiger charge is 2.20. The zero-order valence-electron chi connectivity index (χ0n) is 9.16. The lowest BCUT2D eigenvalue weighted by atomic mass is 10.2. The standard InChI is InChI=1S/C8H6F2O7S2/c1-16-8(11)5-2-6(17-19(10,14)15)4-7(3-5)18(9,12)13/h2-4H,1H3. The molecule has 0 saturated heterocycles. The molecule has 1 aromatic rings. The van der Waals surface area contributed by atoms with Crippen molar-refractivity contribution in [3.05, 3.63) is 23.8 Å². The zero-order chi connectivity index (χ0) is 14.8. The number of esters is 1. The van der Waals surface area contributed by atoms with Crippen molar-refractivity contribution in [3.63, 3.8) is 0 Å². The van der Waals surface area contributed by atoms with Crippen LogP contribution >= 0.6 is 0 Å². The minimum atomic E-state index is -5.46. The summed E-state index contributed by atoms with van der Waals surface area (Å²) in [4.78, 5) is 10.1. The van der Waals surface area contributed by atoms with E-state index in [1.165, 1.54) is 0 Å². The molecule has 0 unspecified atom stereocenters. The Morgan fingerprint density at radius 3 is 2.11 bits per heavy atom. The highest BCUT2D eigenvalue weighted by atomic mass is 32.3. The second-order valence-electron chi connectivity index (χ2n) is 3.10. The van der Waals surface area contributed by atoms with Gasteiger partial charge in [-0.3, -0.25) is 0 Å². The van der Waals surface area contributed by atoms with Gasteiger partial charge in [-0.05, 0) is 12.1 Å². The van der Waals surface area contributed by atoms with Crippen molar-refractivity contribution in [3.8, 4) is 5.75 Å². The number of methoxy groups -OCH3 is 1. The number of hydrogen-bond donors (Lipinski definition) is 0. The van der Waals surface area contributed by atoms with Gasteiger partial charge in [0.25, 0.3) is 0 Å². The lowest BCUT2D eigenvalue weighted by Crippen LogP contribution is -2.07. The molecule has 1 aromatic carbocycles. The zero-order valence-corrected chi connectivity index (χ0v) is 10.8. The third-order valence-electron chi connectivity index (χ3n) is 1.78. The summed E-state index contributed by atoms with van der Waals surface area (Å²) in [7, 11) is -9.76. The van der Waals surface area contributed by atoms with E-state index in [1.54, 1.807) is 0 Å². The second kappa shape index (κ2) is 5.09. The van der Waals surface area contributed by atoms with Gasteiger partial charge in [0.15, 0.2) is 0 Å². The minimum Gasteiger partial charge on any atom is -0.465 e. The second-order valence-corrected chi connectivity index (χ2v) is 5.40. The highest BCUT2D eigenvalue weighted by Crippen LogP contribution is 2.24. The molecule has 0 radical (unpaired) electrons. The Kier molecular flexibility index (Phi) is 4.10. The van der Waals surface area contributed by atoms with Crippen molar-refractivity contribution in [2.45, 2.75) is 4.90 Å². The number of carbonyl (C=O) groups excluding carboxylic acids is 1. The summed E-state index contributed by atoms with van der Waals surface area (Å²) in [5.41, 5.74) is -0.528. The molecule has 0 N–H and O–H groups in total. The van der Waals surface area contributed by atoms with E-state index in [2.05, 4.69) is 8.92 Å². The van der Waals surface area contributed by atoms with E-state index in [0.717, 1.165) is 7.11 Å². The van der Waals surface area contributed by atoms with Crippen LogP contribution in [0.15, 0.2) is 23.1 Å². The van der Waals surface area contributed by atoms with Crippen LogP contribution in [0.25, 0.3) is 0 Å². The first-order chi connectivity index (χ1) is 8.53. The molecule has 106 valence electrons. The molecule has 0 aliphatic carbocycles. The van der Waals surface area contributed by atoms with E-state index in [9.17, 15) is 29.4 Å². The molecule has 0 heterocycles. The van der Waals surface area contributed by atoms with Crippen LogP contribution in [0.3, 0.4) is 0 Å². The highest BCUT2D eigenvalue weighted by molar-refractivity contribution is 7.86. The van der Waals surface area contributed by atoms with Gasteiger partial charge < -0.3 is 8.92 Å². The first-order valence-corrected chi connectivity index (χ1v) is 7.04. The maximum Gasteiger partial charge on any atom is 0.488 e. The molecular weight excluding hydrogens is 310 g/mol. The van der Waals surface area contributed by atoms with Crippen LogP contribution in [-0.4, -0.2) is 29.9 Å². The van der Waals surface area contributed by atoms with Crippen LogP contribution in [-0.2, 0) is 25.5 Å². The molecule has 11 heteroatoms. The Morgan fingerprint density at radius 1 is 1.11 bits per heavy atom. The van der Waals surface area contributed by atoms with Crippen LogP contribution < -0.4 is 4.18 Å². The minimum absolute atomic E-state index is 0.402. The van der Waals surface area contributed by atoms with Crippen molar-refractivity contribution in [1.82, 2.24) is 0 Å². The van der Waals surface area contributed by atoms with Gasteiger partial charge in [-0.1, -0.05) is 3.89 Å². The molecule has 0 atom stereocenters. The van der Waals surface area contributed by atoms with Gasteiger partial charge in [0.05, 0.1) is 12.7 Å². The maximum atomic E-state index is 12.8. The first-order valence-electron chi connectivity index (χ1n) is 4.35. The summed E-state index contributed by atoms with van der Waals surface area (Å²) in [6, 6.07) is 1.66. The monoisotopic (exact) mass is 316 g/mol. The van der Waals surface area contributed by atoms with Crippen LogP contribution in [0, 0.1) is 0 Å². The summed E-state index contributed by atoms with van der Waals surface area (Å²) in [6.07, 6.45) is 0. The van der Waals surface area contributed by atoms with Gasteiger partial charge in [0.2, 0.25) is 0 Å². The van der Waals surface area contributed by atoms with Gasteiger partial charge in [-0.2, -0.15) is 16.8 Å². The average Bonchev–Trinajstić information content (AvgIpc) is 2.24. The summed E-state index contributed by atoms with van der Waals surface area (Å²) >= 11 is 0. The summed E-state index contributed by atoms with van der Waals surface area (Å²) in [5, 5.41) is 0. The fraction of sp³-hybridized carbons (Fsp3) is 0.125. The SMILES string of the molecule is COC(=O)c1cc(OS(=O)(=O)F)cc(S(=O)(=O)F)c1. The van der Waals surface area contributed by atoms with Crippen LogP contribution in [0.1, 0.15) is 10.4 Å². The molecule has 0 fully saturated rings. The Bertz CT molecular complexity index is 709. The molecule has 0 bridgehead atoms. The Morgan fingerprint density at radius 2 is 1.68 bits per heavy atom. The van der Waals surface area contributed by atoms with Crippen molar-refractivity contribution >= 4 is 26.7 Å². The molecule has 7 nitrogen and oxygen atoms in total. The number of carbonyl (C=O) groups is 1. The van der Waals surface area contributed by atoms with Crippen molar-refractivity contribution in [2.75, 3.05) is 7.11 Å². The normalized spacial score (nSPS) is 11.9. The molecule has 0 saturated carbocycles. The predicted molar refractivity (Wildman–Crippen MR) is 56.7 cm³/mol. The number of ether oxygens (including phenoxy) is 1. The fourth-order valence-corrected chi connectivity index (χ4v) is 1.96. The molecular formula is C8H6F2O7S2. The fourth-order valence-electron chi connectivity index (χ4n) is 1.11. The average molecular weight is 316 g/mol. The molecule has 0 aromatic heterocycles. The summed E-state index contributed by atoms with van der Waals surface area (Å²) in [5.74, 6) is -1.98. The molecule has 0 amide bonds. The van der Waals surface area contributed by atoms with Crippen LogP contribution in [0.2, 0.25) is 0 Å². The molecule has 0 aliphatic heterocycles. The number of rotatable bonds is 4. The Balaban J connectivity index is 3.45. The van der Waals surface area contributed by atoms with E-state index in [4.69, 9.17) is 0 Å². The third kappa shape index (κ3) is 4.44. The maximum absolute atomic E-state index is 12.8. The van der Waals surface area contributed by atoms with Gasteiger partial charge in [0.1, 0.15) is 10.6 Å². The van der Waals surface area contributed by atoms with Crippen LogP contribution in [0.4, 0.5) is 7.77 Å². The largest absolute Gasteiger partial charge is 0.488 e. The third-order valence-corrected chi connectivity index (χ3v) is 2.97. The van der Waals surface area contributed by atoms with Crippen molar-refractivity contribution in [2.24, 2.45) is 0 Å². The van der Waals surface area contributed by atoms with E-state index in [-0.39, 0.29) is 0 Å². The predicted octanol–water partition coefficient (Wildman–Crippen LogP) is 0.725. The number of benzene rings is 1. The number of hydrogen-bond acceptors (Lipinski definition) is 7. The quantitative estimate of drug-likeness (QED) is 0.595. The van der Waals surface area contributed by atoms with Crippen LogP contribution in [0.5, 0.6) is 5.75 Å². The van der Waals surface area contributed by atoms with Gasteiger partial charge in [-0.15, -0.1) is 3.89 Å². The molecule has 0 aliphatic rings. The Hall–Kier alpha value is -1.75. The van der Waals surface area contributed by atoms with E-state index in [1.807, 2.05) is 0 Å². The Labute approximate surface area is 107 Å². The molecule has 0 spiro atoms. The van der Waals surface area contributed by atoms with Crippen molar-refractivity contribution < 1.29 is 38.3 Å². The lowest BCUT2D eigenvalue weighted by Gasteiger charge is -2.05. The summed E-state index contributed by atoms with van der Waals surface area (Å²) < 4.78 is 75.0. The van der Waals surface area contributed by atoms with Gasteiger partial charge in [0, 0.05) is 6.07 Å². The molecule has 1 rings (SSSR count). The summed E-state index contributed by atoms with van der Waals surface area (Å²) in [6.45, 7) is 0. The first kappa shape index (κ1) is 15.3. The molecule has 19 heavy (non-hydrogen) atoms. The van der Waals surface area contributed by atoms with E-state index in [0.29, 0.717) is 18.2 Å². The topological polar surface area (TPSA) is 104 Å². The van der Waals surface area contributed by atoms with Gasteiger partial charge >= 0.3 is 26.7 Å². The number of halogens is 2. The van der Waals surface area contributed by atoms with Crippen molar-refractivity contribution in [1.29, 1.82) is 0 Å². The van der Waals surface area contributed by atoms with E-state index >= 15 is 0 Å². The van der Waals surface area contributed by atoms with E-state index < -0.39 is 42.9 Å². The smallest absolute Gasteiger partial charge is 0.465 e. The van der Waals surface area contributed by atoms with Gasteiger partial charge in [-0.25, -0.2) is 4.79 Å².